The van der Waals surface area contributed by atoms with Gasteiger partial charge in [-0.1, -0.05) is 23.5 Å². The highest BCUT2D eigenvalue weighted by Crippen LogP contribution is 2.28. The van der Waals surface area contributed by atoms with Gasteiger partial charge in [-0.25, -0.2) is 0 Å². The van der Waals surface area contributed by atoms with Crippen LogP contribution < -0.4 is 20.3 Å². The molecule has 0 saturated carbocycles. The maximum absolute atomic E-state index is 13.2. The number of anilines is 3. The number of likely N-dealkylation sites (tertiary alicyclic amines) is 1. The summed E-state index contributed by atoms with van der Waals surface area (Å²) >= 11 is 1.31. The Morgan fingerprint density at radius 2 is 1.85 bits per heavy atom. The number of halogens is 2. The molecule has 0 bridgehead atoms. The Morgan fingerprint density at radius 1 is 1.07 bits per heavy atom. The molecule has 2 aromatic heterocycles. The van der Waals surface area contributed by atoms with Crippen LogP contribution in [0.25, 0.3) is 0 Å². The van der Waals surface area contributed by atoms with Gasteiger partial charge in [-0.3, -0.25) is 15.0 Å². The molecule has 220 valence electrons. The monoisotopic (exact) mass is 588 g/mol. The highest BCUT2D eigenvalue weighted by atomic mass is 32.1. The Morgan fingerprint density at radius 3 is 2.56 bits per heavy atom. The molecule has 11 nitrogen and oxygen atoms in total. The predicted molar refractivity (Wildman–Crippen MR) is 151 cm³/mol. The molecule has 14 heteroatoms. The van der Waals surface area contributed by atoms with E-state index in [1.807, 2.05) is 19.1 Å². The van der Waals surface area contributed by atoms with Crippen molar-refractivity contribution >= 4 is 33.3 Å². The van der Waals surface area contributed by atoms with E-state index in [1.54, 1.807) is 30.5 Å². The van der Waals surface area contributed by atoms with Crippen LogP contribution in [0.3, 0.4) is 0 Å². The molecule has 4 heterocycles. The Balaban J connectivity index is 1.09. The predicted octanol–water partition coefficient (Wildman–Crippen LogP) is 3.88. The van der Waals surface area contributed by atoms with Crippen molar-refractivity contribution in [3.8, 4) is 5.75 Å². The summed E-state index contributed by atoms with van der Waals surface area (Å²) in [5.74, 6) is 0.863. The van der Waals surface area contributed by atoms with Crippen LogP contribution >= 0.6 is 11.3 Å². The Kier molecular flexibility index (Phi) is 9.85. The van der Waals surface area contributed by atoms with Gasteiger partial charge in [0.1, 0.15) is 11.9 Å². The van der Waals surface area contributed by atoms with Gasteiger partial charge >= 0.3 is 6.61 Å². The number of aromatic nitrogens is 4. The van der Waals surface area contributed by atoms with Crippen LogP contribution in [-0.2, 0) is 16.1 Å². The zero-order chi connectivity index (χ0) is 28.6. The minimum atomic E-state index is -2.83. The van der Waals surface area contributed by atoms with Crippen molar-refractivity contribution in [3.63, 3.8) is 0 Å². The van der Waals surface area contributed by atoms with Gasteiger partial charge in [-0.2, -0.15) is 13.9 Å². The molecule has 2 saturated heterocycles. The van der Waals surface area contributed by atoms with Crippen LogP contribution in [0.5, 0.6) is 5.75 Å². The number of benzene rings is 1. The zero-order valence-corrected chi connectivity index (χ0v) is 23.6. The van der Waals surface area contributed by atoms with Gasteiger partial charge < -0.3 is 19.7 Å². The van der Waals surface area contributed by atoms with Crippen molar-refractivity contribution in [1.29, 1.82) is 0 Å². The first-order valence-corrected chi connectivity index (χ1v) is 14.6. The lowest BCUT2D eigenvalue weighted by atomic mass is 9.90. The lowest BCUT2D eigenvalue weighted by Gasteiger charge is -2.35. The fourth-order valence-corrected chi connectivity index (χ4v) is 6.01. The lowest BCUT2D eigenvalue weighted by Crippen LogP contribution is -2.43. The maximum Gasteiger partial charge on any atom is 0.387 e. The van der Waals surface area contributed by atoms with Gasteiger partial charge in [-0.05, 0) is 75.0 Å². The fraction of sp³-hybridized carbons (Fsp3) is 0.519. The molecular weight excluding hydrogens is 554 g/mol. The van der Waals surface area contributed by atoms with E-state index in [0.717, 1.165) is 56.8 Å². The first-order valence-electron chi connectivity index (χ1n) is 13.8. The third kappa shape index (κ3) is 8.05. The zero-order valence-electron chi connectivity index (χ0n) is 22.8. The summed E-state index contributed by atoms with van der Waals surface area (Å²) in [5.41, 5.74) is 1.02. The molecular formula is C27H34F2N8O3S. The topological polar surface area (TPSA) is 118 Å². The van der Waals surface area contributed by atoms with Crippen LogP contribution in [0, 0.1) is 5.92 Å². The molecule has 3 aromatic rings. The lowest BCUT2D eigenvalue weighted by molar-refractivity contribution is -0.132. The first kappa shape index (κ1) is 29.0. The van der Waals surface area contributed by atoms with Crippen LogP contribution in [-0.4, -0.2) is 82.7 Å². The van der Waals surface area contributed by atoms with E-state index in [-0.39, 0.29) is 23.6 Å². The average Bonchev–Trinajstić information content (AvgIpc) is 3.63. The maximum atomic E-state index is 13.2. The molecule has 2 N–H and O–H groups in total. The molecule has 5 rings (SSSR count). The van der Waals surface area contributed by atoms with Gasteiger partial charge in [-0.15, -0.1) is 15.3 Å². The van der Waals surface area contributed by atoms with Crippen molar-refractivity contribution in [2.45, 2.75) is 51.5 Å². The van der Waals surface area contributed by atoms with E-state index in [2.05, 4.69) is 45.6 Å². The second kappa shape index (κ2) is 13.9. The molecule has 2 aliphatic rings. The minimum Gasteiger partial charge on any atom is -0.435 e. The average molecular weight is 589 g/mol. The standard InChI is InChI=1S/C27H34F2N8O3S/c1-2-39-23(19-9-13-36(14-10-19)16-18-5-7-21(8-6-18)40-25(28)29)24(38)32-27-35-34-26(41-27)31-20-11-15-37(17-20)22-4-3-12-30-33-22/h3-8,12,19-20,23,25H,2,9-11,13-17H2,1H3,(H,31,34)(H,32,35,38)/t20-,23+/m1/s1. The summed E-state index contributed by atoms with van der Waals surface area (Å²) in [6.07, 6.45) is 3.62. The highest BCUT2D eigenvalue weighted by molar-refractivity contribution is 7.19. The number of rotatable bonds is 12. The molecule has 0 radical (unpaired) electrons. The summed E-state index contributed by atoms with van der Waals surface area (Å²) in [5, 5.41) is 23.9. The van der Waals surface area contributed by atoms with E-state index in [9.17, 15) is 13.6 Å². The van der Waals surface area contributed by atoms with Gasteiger partial charge in [0.05, 0.1) is 0 Å². The van der Waals surface area contributed by atoms with E-state index >= 15 is 0 Å². The van der Waals surface area contributed by atoms with Crippen molar-refractivity contribution in [3.05, 3.63) is 48.2 Å². The number of alkyl halides is 2. The van der Waals surface area contributed by atoms with Crippen LogP contribution in [0.4, 0.5) is 24.9 Å². The van der Waals surface area contributed by atoms with E-state index in [1.165, 1.54) is 11.3 Å². The van der Waals surface area contributed by atoms with E-state index < -0.39 is 12.7 Å². The number of nitrogens with one attached hydrogen (secondary N) is 2. The molecule has 41 heavy (non-hydrogen) atoms. The molecule has 0 unspecified atom stereocenters. The van der Waals surface area contributed by atoms with Gasteiger partial charge in [0.2, 0.25) is 10.3 Å². The van der Waals surface area contributed by atoms with Gasteiger partial charge in [0, 0.05) is 38.5 Å². The fourth-order valence-electron chi connectivity index (χ4n) is 5.29. The summed E-state index contributed by atoms with van der Waals surface area (Å²) in [6.45, 7) is 3.44. The third-order valence-electron chi connectivity index (χ3n) is 7.27. The molecule has 1 aromatic carbocycles. The summed E-state index contributed by atoms with van der Waals surface area (Å²) in [7, 11) is 0. The largest absolute Gasteiger partial charge is 0.435 e. The van der Waals surface area contributed by atoms with Gasteiger partial charge in [0.15, 0.2) is 5.82 Å². The summed E-state index contributed by atoms with van der Waals surface area (Å²) in [6, 6.07) is 10.7. The van der Waals surface area contributed by atoms with Crippen molar-refractivity contribution in [2.24, 2.45) is 5.92 Å². The van der Waals surface area contributed by atoms with Crippen molar-refractivity contribution in [2.75, 3.05) is 48.3 Å². The molecule has 2 atom stereocenters. The number of hydrogen-bond donors (Lipinski definition) is 2. The molecule has 2 fully saturated rings. The number of nitrogens with zero attached hydrogens (tertiary/aromatic N) is 6. The number of hydrogen-bond acceptors (Lipinski definition) is 11. The normalized spacial score (nSPS) is 18.9. The number of carbonyl (C=O) groups is 1. The van der Waals surface area contributed by atoms with Crippen LogP contribution in [0.2, 0.25) is 0 Å². The molecule has 0 aliphatic carbocycles. The van der Waals surface area contributed by atoms with Crippen molar-refractivity contribution in [1.82, 2.24) is 25.3 Å². The third-order valence-corrected chi connectivity index (χ3v) is 8.04. The Hall–Kier alpha value is -3.49. The van der Waals surface area contributed by atoms with Crippen molar-refractivity contribution < 1.29 is 23.0 Å². The Bertz CT molecular complexity index is 1240. The second-order valence-corrected chi connectivity index (χ2v) is 11.0. The minimum absolute atomic E-state index is 0.0732. The smallest absolute Gasteiger partial charge is 0.387 e. The number of ether oxygens (including phenoxy) is 2. The van der Waals surface area contributed by atoms with Crippen LogP contribution in [0.15, 0.2) is 42.6 Å². The number of piperidine rings is 1. The summed E-state index contributed by atoms with van der Waals surface area (Å²) < 4.78 is 35.1. The number of carbonyl (C=O) groups excluding carboxylic acids is 1. The summed E-state index contributed by atoms with van der Waals surface area (Å²) in [4.78, 5) is 17.7. The SMILES string of the molecule is CCO[C@H](C(=O)Nc1nnc(N[C@@H]2CCN(c3cccnn3)C2)s1)C1CCN(Cc2ccc(OC(F)F)cc2)CC1. The van der Waals surface area contributed by atoms with Gasteiger partial charge in [0.25, 0.3) is 5.91 Å². The van der Waals surface area contributed by atoms with E-state index in [0.29, 0.717) is 23.4 Å². The quantitative estimate of drug-likeness (QED) is 0.323. The molecule has 1 amide bonds. The number of amides is 1. The highest BCUT2D eigenvalue weighted by Gasteiger charge is 2.33. The van der Waals surface area contributed by atoms with E-state index in [4.69, 9.17) is 4.74 Å². The second-order valence-electron chi connectivity index (χ2n) is 10.1. The Labute approximate surface area is 241 Å². The first-order chi connectivity index (χ1) is 20.0. The van der Waals surface area contributed by atoms with Crippen LogP contribution in [0.1, 0.15) is 31.7 Å². The molecule has 2 aliphatic heterocycles. The molecule has 0 spiro atoms.